The molecule has 0 amide bonds. The fourth-order valence-corrected chi connectivity index (χ4v) is 4.89. The quantitative estimate of drug-likeness (QED) is 0.299. The van der Waals surface area contributed by atoms with E-state index in [1.54, 1.807) is 0 Å². The predicted octanol–water partition coefficient (Wildman–Crippen LogP) is 1.96. The van der Waals surface area contributed by atoms with Gasteiger partial charge in [0.05, 0.1) is 0 Å². The number of nitrogens with one attached hydrogen (secondary N) is 2. The second-order valence-electron chi connectivity index (χ2n) is 7.87. The molecule has 12 heteroatoms. The Bertz CT molecular complexity index is 664. The molecule has 0 radical (unpaired) electrons. The lowest BCUT2D eigenvalue weighted by molar-refractivity contribution is -0.0494. The normalized spacial score (nSPS) is 25.7. The fraction of sp³-hybridized carbons (Fsp3) is 0.941. The van der Waals surface area contributed by atoms with Crippen molar-refractivity contribution in [1.29, 1.82) is 0 Å². The zero-order chi connectivity index (χ0) is 20.4. The Morgan fingerprint density at radius 3 is 2.31 bits per heavy atom. The average Bonchev–Trinajstić information content (AvgIpc) is 3.38. The van der Waals surface area contributed by atoms with Crippen molar-refractivity contribution in [3.8, 4) is 0 Å². The number of rotatable bonds is 6. The summed E-state index contributed by atoms with van der Waals surface area (Å²) in [6.45, 7) is 5.31. The average molecular weight is 553 g/mol. The number of sulfonamides is 1. The summed E-state index contributed by atoms with van der Waals surface area (Å²) in [6, 6.07) is 0.683. The van der Waals surface area contributed by atoms with Crippen LogP contribution in [-0.2, 0) is 10.0 Å². The van der Waals surface area contributed by atoms with E-state index in [1.165, 1.54) is 12.8 Å². The minimum atomic E-state index is -5.24. The molecule has 0 bridgehead atoms. The van der Waals surface area contributed by atoms with Crippen LogP contribution in [0.2, 0.25) is 0 Å². The molecule has 2 aliphatic heterocycles. The topological polar surface area (TPSA) is 77.0 Å². The smallest absolute Gasteiger partial charge is 0.357 e. The number of halogens is 4. The first-order valence-electron chi connectivity index (χ1n) is 10.1. The minimum absolute atomic E-state index is 0. The first kappa shape index (κ1) is 24.9. The van der Waals surface area contributed by atoms with Gasteiger partial charge in [0.15, 0.2) is 5.96 Å². The number of alkyl halides is 3. The number of guanidine groups is 1. The second kappa shape index (κ2) is 10.3. The molecule has 1 saturated carbocycles. The van der Waals surface area contributed by atoms with Crippen molar-refractivity contribution in [2.45, 2.75) is 56.6 Å². The highest BCUT2D eigenvalue weighted by atomic mass is 127. The summed E-state index contributed by atoms with van der Waals surface area (Å²) in [4.78, 5) is 7.21. The molecule has 3 rings (SSSR count). The minimum Gasteiger partial charge on any atom is -0.357 e. The van der Waals surface area contributed by atoms with Gasteiger partial charge in [-0.25, -0.2) is 8.42 Å². The molecule has 0 aromatic heterocycles. The molecule has 7 nitrogen and oxygen atoms in total. The summed E-state index contributed by atoms with van der Waals surface area (Å²) in [7, 11) is -5.24. The zero-order valence-corrected chi connectivity index (χ0v) is 19.8. The largest absolute Gasteiger partial charge is 0.511 e. The van der Waals surface area contributed by atoms with Crippen LogP contribution in [0.25, 0.3) is 0 Å². The van der Waals surface area contributed by atoms with Crippen LogP contribution >= 0.6 is 24.0 Å². The van der Waals surface area contributed by atoms with Crippen LogP contribution in [-0.4, -0.2) is 80.4 Å². The van der Waals surface area contributed by atoms with Gasteiger partial charge in [-0.15, -0.1) is 24.0 Å². The van der Waals surface area contributed by atoms with E-state index in [-0.39, 0.29) is 43.1 Å². The Balaban J connectivity index is 0.00000300. The van der Waals surface area contributed by atoms with Gasteiger partial charge in [0.2, 0.25) is 0 Å². The molecule has 3 aliphatic rings. The van der Waals surface area contributed by atoms with Crippen molar-refractivity contribution < 1.29 is 21.6 Å². The summed E-state index contributed by atoms with van der Waals surface area (Å²) in [5, 5.41) is 6.44. The van der Waals surface area contributed by atoms with Crippen molar-refractivity contribution in [3.05, 3.63) is 0 Å². The van der Waals surface area contributed by atoms with E-state index in [4.69, 9.17) is 0 Å². The monoisotopic (exact) mass is 553 g/mol. The maximum Gasteiger partial charge on any atom is 0.511 e. The van der Waals surface area contributed by atoms with E-state index in [1.807, 2.05) is 6.92 Å². The van der Waals surface area contributed by atoms with Crippen LogP contribution in [0.5, 0.6) is 0 Å². The summed E-state index contributed by atoms with van der Waals surface area (Å²) < 4.78 is 61.6. The van der Waals surface area contributed by atoms with Gasteiger partial charge in [-0.2, -0.15) is 17.5 Å². The number of piperidine rings is 1. The first-order chi connectivity index (χ1) is 13.2. The molecule has 2 heterocycles. The van der Waals surface area contributed by atoms with Gasteiger partial charge < -0.3 is 15.5 Å². The third-order valence-electron chi connectivity index (χ3n) is 5.66. The Hall–Kier alpha value is -0.340. The summed E-state index contributed by atoms with van der Waals surface area (Å²) in [5.74, 6) is 1.19. The zero-order valence-electron chi connectivity index (χ0n) is 16.6. The molecule has 170 valence electrons. The molecular weight excluding hydrogens is 522 g/mol. The van der Waals surface area contributed by atoms with Gasteiger partial charge in [0, 0.05) is 44.8 Å². The van der Waals surface area contributed by atoms with Crippen molar-refractivity contribution >= 4 is 40.0 Å². The highest BCUT2D eigenvalue weighted by molar-refractivity contribution is 14.0. The maximum atomic E-state index is 12.7. The second-order valence-corrected chi connectivity index (χ2v) is 9.80. The van der Waals surface area contributed by atoms with E-state index in [0.29, 0.717) is 35.6 Å². The summed E-state index contributed by atoms with van der Waals surface area (Å²) in [5.41, 5.74) is -5.24. The predicted molar refractivity (Wildman–Crippen MR) is 117 cm³/mol. The molecule has 29 heavy (non-hydrogen) atoms. The molecule has 1 aliphatic carbocycles. The lowest BCUT2D eigenvalue weighted by Gasteiger charge is -2.32. The van der Waals surface area contributed by atoms with Crippen molar-refractivity contribution in [2.75, 3.05) is 39.3 Å². The van der Waals surface area contributed by atoms with Crippen LogP contribution in [0.1, 0.15) is 39.0 Å². The van der Waals surface area contributed by atoms with Crippen LogP contribution in [0, 0.1) is 5.92 Å². The molecule has 0 spiro atoms. The highest BCUT2D eigenvalue weighted by Crippen LogP contribution is 2.32. The van der Waals surface area contributed by atoms with Gasteiger partial charge in [-0.05, 0) is 51.5 Å². The molecule has 0 aromatic rings. The Morgan fingerprint density at radius 2 is 1.76 bits per heavy atom. The number of aliphatic imine (C=N–C) groups is 1. The van der Waals surface area contributed by atoms with E-state index in [2.05, 4.69) is 20.5 Å². The number of nitrogens with zero attached hydrogens (tertiary/aromatic N) is 3. The van der Waals surface area contributed by atoms with E-state index in [0.717, 1.165) is 32.1 Å². The van der Waals surface area contributed by atoms with Crippen molar-refractivity contribution in [2.24, 2.45) is 10.9 Å². The van der Waals surface area contributed by atoms with Gasteiger partial charge in [-0.3, -0.25) is 4.99 Å². The third kappa shape index (κ3) is 6.57. The standard InChI is InChI=1S/C17H30F3N5O2S.HI/c1-2-21-16(22-11-13-5-8-24(12-13)15-3-4-15)23-14-6-9-25(10-7-14)28(26,27)17(18,19)20;/h13-15H,2-12H2,1H3,(H2,21,22,23);1H. The molecule has 2 N–H and O–H groups in total. The first-order valence-corrected chi connectivity index (χ1v) is 11.5. The van der Waals surface area contributed by atoms with Crippen LogP contribution in [0.15, 0.2) is 4.99 Å². The molecule has 0 aromatic carbocycles. The lowest BCUT2D eigenvalue weighted by Crippen LogP contribution is -2.51. The van der Waals surface area contributed by atoms with Gasteiger partial charge in [-0.1, -0.05) is 0 Å². The van der Waals surface area contributed by atoms with Crippen molar-refractivity contribution in [3.63, 3.8) is 0 Å². The number of hydrogen-bond acceptors (Lipinski definition) is 4. The molecule has 1 unspecified atom stereocenters. The molecular formula is C17H31F3IN5O2S. The third-order valence-corrected chi connectivity index (χ3v) is 7.29. The Kier molecular flexibility index (Phi) is 8.86. The van der Waals surface area contributed by atoms with Crippen LogP contribution in [0.3, 0.4) is 0 Å². The van der Waals surface area contributed by atoms with E-state index < -0.39 is 15.5 Å². The lowest BCUT2D eigenvalue weighted by atomic mass is 10.1. The fourth-order valence-electron chi connectivity index (χ4n) is 3.90. The molecule has 1 atom stereocenters. The summed E-state index contributed by atoms with van der Waals surface area (Å²) >= 11 is 0. The van der Waals surface area contributed by atoms with Gasteiger partial charge in [0.25, 0.3) is 0 Å². The summed E-state index contributed by atoms with van der Waals surface area (Å²) in [6.07, 6.45) is 4.40. The number of likely N-dealkylation sites (tertiary alicyclic amines) is 1. The van der Waals surface area contributed by atoms with E-state index >= 15 is 0 Å². The number of hydrogen-bond donors (Lipinski definition) is 2. The highest BCUT2D eigenvalue weighted by Gasteiger charge is 2.50. The molecule has 2 saturated heterocycles. The Morgan fingerprint density at radius 1 is 1.10 bits per heavy atom. The van der Waals surface area contributed by atoms with Gasteiger partial charge in [0.1, 0.15) is 0 Å². The van der Waals surface area contributed by atoms with E-state index in [9.17, 15) is 21.6 Å². The maximum absolute atomic E-state index is 12.7. The van der Waals surface area contributed by atoms with Crippen molar-refractivity contribution in [1.82, 2.24) is 19.8 Å². The van der Waals surface area contributed by atoms with Crippen LogP contribution in [0.4, 0.5) is 13.2 Å². The molecule has 3 fully saturated rings. The van der Waals surface area contributed by atoms with Crippen LogP contribution < -0.4 is 10.6 Å². The Labute approximate surface area is 187 Å². The van der Waals surface area contributed by atoms with Gasteiger partial charge >= 0.3 is 15.5 Å². The SMILES string of the molecule is CCNC(=NCC1CCN(C2CC2)C1)NC1CCN(S(=O)(=O)C(F)(F)F)CC1.I.